The summed E-state index contributed by atoms with van der Waals surface area (Å²) in [6.45, 7) is 11.8. The SMILES string of the molecule is CC(C)(C)OC(=O)CN(CCNC(=O)OC(C)(C)C)CCC(=O)OCc1ccccc1. The number of hydrogen-bond donors (Lipinski definition) is 1. The molecule has 8 heteroatoms. The first-order chi connectivity index (χ1) is 14.3. The maximum Gasteiger partial charge on any atom is 0.407 e. The maximum atomic E-state index is 12.2. The van der Waals surface area contributed by atoms with E-state index in [0.29, 0.717) is 13.1 Å². The van der Waals surface area contributed by atoms with E-state index in [1.54, 1.807) is 46.4 Å². The van der Waals surface area contributed by atoms with Crippen molar-refractivity contribution in [2.45, 2.75) is 65.8 Å². The van der Waals surface area contributed by atoms with Crippen LogP contribution in [0.1, 0.15) is 53.5 Å². The van der Waals surface area contributed by atoms with Crippen LogP contribution in [0.2, 0.25) is 0 Å². The van der Waals surface area contributed by atoms with Crippen molar-refractivity contribution in [3.63, 3.8) is 0 Å². The Hall–Kier alpha value is -2.61. The van der Waals surface area contributed by atoms with Crippen LogP contribution in [0, 0.1) is 0 Å². The summed E-state index contributed by atoms with van der Waals surface area (Å²) in [6.07, 6.45) is -0.422. The first-order valence-corrected chi connectivity index (χ1v) is 10.4. The van der Waals surface area contributed by atoms with Crippen molar-refractivity contribution in [2.24, 2.45) is 0 Å². The second kappa shape index (κ2) is 12.3. The van der Waals surface area contributed by atoms with Crippen LogP contribution >= 0.6 is 0 Å². The predicted octanol–water partition coefficient (Wildman–Crippen LogP) is 3.29. The molecule has 0 unspecified atom stereocenters. The Morgan fingerprint density at radius 2 is 1.48 bits per heavy atom. The Labute approximate surface area is 185 Å². The van der Waals surface area contributed by atoms with Crippen LogP contribution in [-0.4, -0.2) is 60.3 Å². The van der Waals surface area contributed by atoms with Crippen molar-refractivity contribution in [3.8, 4) is 0 Å². The fourth-order valence-electron chi connectivity index (χ4n) is 2.52. The monoisotopic (exact) mass is 436 g/mol. The van der Waals surface area contributed by atoms with E-state index in [4.69, 9.17) is 14.2 Å². The summed E-state index contributed by atoms with van der Waals surface area (Å²) >= 11 is 0. The Kier molecular flexibility index (Phi) is 10.5. The molecule has 0 radical (unpaired) electrons. The normalized spacial score (nSPS) is 11.7. The van der Waals surface area contributed by atoms with Crippen molar-refractivity contribution < 1.29 is 28.6 Å². The van der Waals surface area contributed by atoms with Gasteiger partial charge in [0.2, 0.25) is 0 Å². The number of alkyl carbamates (subject to hydrolysis) is 1. The minimum Gasteiger partial charge on any atom is -0.461 e. The van der Waals surface area contributed by atoms with Gasteiger partial charge in [-0.2, -0.15) is 0 Å². The number of ether oxygens (including phenoxy) is 3. The molecule has 0 saturated heterocycles. The summed E-state index contributed by atoms with van der Waals surface area (Å²) < 4.78 is 15.9. The van der Waals surface area contributed by atoms with E-state index in [1.165, 1.54) is 0 Å². The summed E-state index contributed by atoms with van der Waals surface area (Å²) in [7, 11) is 0. The van der Waals surface area contributed by atoms with Gasteiger partial charge < -0.3 is 19.5 Å². The molecule has 0 aromatic heterocycles. The van der Waals surface area contributed by atoms with Gasteiger partial charge in [0.25, 0.3) is 0 Å². The highest BCUT2D eigenvalue weighted by molar-refractivity contribution is 5.72. The zero-order valence-electron chi connectivity index (χ0n) is 19.5. The van der Waals surface area contributed by atoms with Crippen molar-refractivity contribution in [2.75, 3.05) is 26.2 Å². The Morgan fingerprint density at radius 3 is 2.06 bits per heavy atom. The molecular weight excluding hydrogens is 400 g/mol. The van der Waals surface area contributed by atoms with Gasteiger partial charge >= 0.3 is 18.0 Å². The quantitative estimate of drug-likeness (QED) is 0.444. The average molecular weight is 437 g/mol. The van der Waals surface area contributed by atoms with Gasteiger partial charge in [0.15, 0.2) is 0 Å². The molecule has 0 bridgehead atoms. The van der Waals surface area contributed by atoms with Crippen molar-refractivity contribution in [3.05, 3.63) is 35.9 Å². The van der Waals surface area contributed by atoms with Crippen molar-refractivity contribution in [1.29, 1.82) is 0 Å². The lowest BCUT2D eigenvalue weighted by Gasteiger charge is -2.25. The number of nitrogens with zero attached hydrogens (tertiary/aromatic N) is 1. The van der Waals surface area contributed by atoms with Gasteiger partial charge in [0.1, 0.15) is 17.8 Å². The van der Waals surface area contributed by atoms with Crippen LogP contribution in [0.25, 0.3) is 0 Å². The summed E-state index contributed by atoms with van der Waals surface area (Å²) in [4.78, 5) is 37.9. The van der Waals surface area contributed by atoms with Gasteiger partial charge in [-0.3, -0.25) is 14.5 Å². The second-order valence-electron chi connectivity index (χ2n) is 9.19. The Balaban J connectivity index is 2.53. The minimum atomic E-state index is -0.605. The van der Waals surface area contributed by atoms with E-state index in [-0.39, 0.29) is 32.1 Å². The molecule has 0 aliphatic carbocycles. The molecule has 0 saturated carbocycles. The summed E-state index contributed by atoms with van der Waals surface area (Å²) in [5, 5.41) is 2.65. The fraction of sp³-hybridized carbons (Fsp3) is 0.609. The first-order valence-electron chi connectivity index (χ1n) is 10.4. The minimum absolute atomic E-state index is 0.000760. The van der Waals surface area contributed by atoms with Gasteiger partial charge in [0, 0.05) is 19.6 Å². The summed E-state index contributed by atoms with van der Waals surface area (Å²) in [5.41, 5.74) is -0.294. The van der Waals surface area contributed by atoms with Gasteiger partial charge in [-0.1, -0.05) is 30.3 Å². The summed E-state index contributed by atoms with van der Waals surface area (Å²) in [6, 6.07) is 9.41. The third kappa shape index (κ3) is 14.1. The number of carbonyl (C=O) groups is 3. The number of nitrogens with one attached hydrogen (secondary N) is 1. The fourth-order valence-corrected chi connectivity index (χ4v) is 2.52. The standard InChI is InChI=1S/C23H36N2O6/c1-22(2,3)30-20(27)16-25(15-13-24-21(28)31-23(4,5)6)14-12-19(26)29-17-18-10-8-7-9-11-18/h7-11H,12-17H2,1-6H3,(H,24,28). The molecule has 0 aliphatic rings. The zero-order chi connectivity index (χ0) is 23.5. The molecule has 8 nitrogen and oxygen atoms in total. The first kappa shape index (κ1) is 26.4. The highest BCUT2D eigenvalue weighted by Gasteiger charge is 2.21. The third-order valence-corrected chi connectivity index (χ3v) is 3.74. The van der Waals surface area contributed by atoms with E-state index in [2.05, 4.69) is 5.32 Å². The van der Waals surface area contributed by atoms with E-state index < -0.39 is 23.3 Å². The molecule has 1 rings (SSSR count). The molecule has 0 fully saturated rings. The number of benzene rings is 1. The van der Waals surface area contributed by atoms with Crippen LogP contribution in [-0.2, 0) is 30.4 Å². The largest absolute Gasteiger partial charge is 0.461 e. The maximum absolute atomic E-state index is 12.2. The smallest absolute Gasteiger partial charge is 0.407 e. The van der Waals surface area contributed by atoms with Crippen LogP contribution in [0.15, 0.2) is 30.3 Å². The average Bonchev–Trinajstić information content (AvgIpc) is 2.62. The molecule has 1 aromatic carbocycles. The lowest BCUT2D eigenvalue weighted by Crippen LogP contribution is -2.41. The van der Waals surface area contributed by atoms with Crippen LogP contribution in [0.3, 0.4) is 0 Å². The van der Waals surface area contributed by atoms with Gasteiger partial charge in [-0.15, -0.1) is 0 Å². The number of esters is 2. The second-order valence-corrected chi connectivity index (χ2v) is 9.19. The number of rotatable bonds is 10. The molecule has 1 aromatic rings. The molecule has 1 amide bonds. The molecule has 174 valence electrons. The number of hydrogen-bond acceptors (Lipinski definition) is 7. The topological polar surface area (TPSA) is 94.2 Å². The highest BCUT2D eigenvalue weighted by Crippen LogP contribution is 2.09. The van der Waals surface area contributed by atoms with Gasteiger partial charge in [-0.25, -0.2) is 4.79 Å². The number of carbonyl (C=O) groups excluding carboxylic acids is 3. The van der Waals surface area contributed by atoms with Crippen molar-refractivity contribution >= 4 is 18.0 Å². The summed E-state index contributed by atoms with van der Waals surface area (Å²) in [5.74, 6) is -0.763. The van der Waals surface area contributed by atoms with E-state index in [0.717, 1.165) is 5.56 Å². The lowest BCUT2D eigenvalue weighted by atomic mass is 10.2. The van der Waals surface area contributed by atoms with Crippen molar-refractivity contribution in [1.82, 2.24) is 10.2 Å². The molecule has 1 N–H and O–H groups in total. The van der Waals surface area contributed by atoms with Crippen LogP contribution in [0.5, 0.6) is 0 Å². The van der Waals surface area contributed by atoms with Crippen LogP contribution in [0.4, 0.5) is 4.79 Å². The van der Waals surface area contributed by atoms with E-state index in [9.17, 15) is 14.4 Å². The highest BCUT2D eigenvalue weighted by atomic mass is 16.6. The molecule has 0 heterocycles. The van der Waals surface area contributed by atoms with E-state index in [1.807, 2.05) is 30.3 Å². The van der Waals surface area contributed by atoms with E-state index >= 15 is 0 Å². The number of amides is 1. The molecule has 0 aliphatic heterocycles. The zero-order valence-corrected chi connectivity index (χ0v) is 19.5. The third-order valence-electron chi connectivity index (χ3n) is 3.74. The predicted molar refractivity (Wildman–Crippen MR) is 117 cm³/mol. The van der Waals surface area contributed by atoms with Gasteiger partial charge in [0.05, 0.1) is 13.0 Å². The van der Waals surface area contributed by atoms with Gasteiger partial charge in [-0.05, 0) is 47.1 Å². The molecule has 31 heavy (non-hydrogen) atoms. The molecular formula is C23H36N2O6. The Morgan fingerprint density at radius 1 is 0.871 bits per heavy atom. The lowest BCUT2D eigenvalue weighted by molar-refractivity contribution is -0.157. The molecule has 0 spiro atoms. The molecule has 0 atom stereocenters. The Bertz CT molecular complexity index is 707. The van der Waals surface area contributed by atoms with Crippen LogP contribution < -0.4 is 5.32 Å².